The van der Waals surface area contributed by atoms with E-state index in [0.717, 1.165) is 0 Å². The molecular weight excluding hydrogens is 312 g/mol. The summed E-state index contributed by atoms with van der Waals surface area (Å²) in [4.78, 5) is 13.6. The maximum Gasteiger partial charge on any atom is 0.258 e. The van der Waals surface area contributed by atoms with Crippen LogP contribution in [0.4, 0.5) is 8.78 Å². The lowest BCUT2D eigenvalue weighted by molar-refractivity contribution is 0.0780. The molecule has 0 aliphatic carbocycles. The second-order valence-corrected chi connectivity index (χ2v) is 5.13. The SMILES string of the molecule is COc1ccc(CN(C)C(=O)c2c(F)cccc2Cl)cc1F. The molecule has 3 nitrogen and oxygen atoms in total. The fourth-order valence-electron chi connectivity index (χ4n) is 2.05. The van der Waals surface area contributed by atoms with E-state index in [0.29, 0.717) is 5.56 Å². The first-order valence-corrected chi connectivity index (χ1v) is 6.83. The number of nitrogens with zero attached hydrogens (tertiary/aromatic N) is 1. The van der Waals surface area contributed by atoms with E-state index in [9.17, 15) is 13.6 Å². The van der Waals surface area contributed by atoms with E-state index in [2.05, 4.69) is 0 Å². The number of rotatable bonds is 4. The lowest BCUT2D eigenvalue weighted by Crippen LogP contribution is -2.27. The average molecular weight is 326 g/mol. The van der Waals surface area contributed by atoms with Gasteiger partial charge in [-0.15, -0.1) is 0 Å². The summed E-state index contributed by atoms with van der Waals surface area (Å²) in [5.41, 5.74) is 0.363. The lowest BCUT2D eigenvalue weighted by Gasteiger charge is -2.18. The monoisotopic (exact) mass is 325 g/mol. The largest absolute Gasteiger partial charge is 0.494 e. The van der Waals surface area contributed by atoms with Crippen LogP contribution in [0.15, 0.2) is 36.4 Å². The van der Waals surface area contributed by atoms with Crippen LogP contribution in [0.5, 0.6) is 5.75 Å². The Balaban J connectivity index is 2.20. The molecule has 2 rings (SSSR count). The standard InChI is InChI=1S/C16H14ClF2NO2/c1-20(9-10-6-7-14(22-2)13(19)8-10)16(21)15-11(17)4-3-5-12(15)18/h3-8H,9H2,1-2H3. The van der Waals surface area contributed by atoms with Crippen LogP contribution in [-0.4, -0.2) is 25.0 Å². The van der Waals surface area contributed by atoms with Crippen molar-refractivity contribution in [2.45, 2.75) is 6.54 Å². The van der Waals surface area contributed by atoms with E-state index >= 15 is 0 Å². The highest BCUT2D eigenvalue weighted by Gasteiger charge is 2.20. The van der Waals surface area contributed by atoms with Crippen molar-refractivity contribution < 1.29 is 18.3 Å². The van der Waals surface area contributed by atoms with Crippen molar-refractivity contribution in [3.8, 4) is 5.75 Å². The number of methoxy groups -OCH3 is 1. The highest BCUT2D eigenvalue weighted by Crippen LogP contribution is 2.22. The first-order chi connectivity index (χ1) is 10.4. The molecule has 116 valence electrons. The molecule has 0 heterocycles. The summed E-state index contributed by atoms with van der Waals surface area (Å²) in [6.07, 6.45) is 0. The van der Waals surface area contributed by atoms with Crippen molar-refractivity contribution >= 4 is 17.5 Å². The van der Waals surface area contributed by atoms with Gasteiger partial charge in [-0.05, 0) is 29.8 Å². The number of benzene rings is 2. The van der Waals surface area contributed by atoms with Gasteiger partial charge in [0, 0.05) is 13.6 Å². The third-order valence-corrected chi connectivity index (χ3v) is 3.47. The molecule has 0 saturated heterocycles. The molecule has 0 atom stereocenters. The number of carbonyl (C=O) groups is 1. The van der Waals surface area contributed by atoms with Gasteiger partial charge in [-0.25, -0.2) is 8.78 Å². The number of hydrogen-bond donors (Lipinski definition) is 0. The molecule has 0 N–H and O–H groups in total. The van der Waals surface area contributed by atoms with Gasteiger partial charge >= 0.3 is 0 Å². The summed E-state index contributed by atoms with van der Waals surface area (Å²) < 4.78 is 32.2. The van der Waals surface area contributed by atoms with Crippen molar-refractivity contribution in [1.29, 1.82) is 0 Å². The molecule has 1 amide bonds. The van der Waals surface area contributed by atoms with Gasteiger partial charge in [0.15, 0.2) is 11.6 Å². The molecule has 0 radical (unpaired) electrons. The summed E-state index contributed by atoms with van der Waals surface area (Å²) in [5.74, 6) is -1.66. The zero-order valence-electron chi connectivity index (χ0n) is 12.1. The van der Waals surface area contributed by atoms with Crippen LogP contribution in [0.1, 0.15) is 15.9 Å². The van der Waals surface area contributed by atoms with Crippen LogP contribution < -0.4 is 4.74 Å². The van der Waals surface area contributed by atoms with Gasteiger partial charge in [0.2, 0.25) is 0 Å². The Morgan fingerprint density at radius 3 is 2.55 bits per heavy atom. The highest BCUT2D eigenvalue weighted by molar-refractivity contribution is 6.33. The molecule has 0 unspecified atom stereocenters. The molecule has 2 aromatic rings. The van der Waals surface area contributed by atoms with Crippen molar-refractivity contribution in [3.05, 3.63) is 64.2 Å². The Bertz CT molecular complexity index is 686. The Kier molecular flexibility index (Phi) is 4.98. The van der Waals surface area contributed by atoms with E-state index < -0.39 is 17.5 Å². The van der Waals surface area contributed by atoms with Gasteiger partial charge in [-0.3, -0.25) is 4.79 Å². The Morgan fingerprint density at radius 2 is 1.95 bits per heavy atom. The van der Waals surface area contributed by atoms with E-state index in [1.165, 1.54) is 49.4 Å². The molecule has 0 aliphatic rings. The maximum atomic E-state index is 13.8. The van der Waals surface area contributed by atoms with Crippen molar-refractivity contribution in [1.82, 2.24) is 4.90 Å². The minimum atomic E-state index is -0.690. The Hall–Kier alpha value is -2.14. The first kappa shape index (κ1) is 16.2. The van der Waals surface area contributed by atoms with Gasteiger partial charge in [-0.1, -0.05) is 23.7 Å². The van der Waals surface area contributed by atoms with Crippen molar-refractivity contribution in [2.24, 2.45) is 0 Å². The minimum absolute atomic E-state index is 0.0396. The number of ether oxygens (including phenoxy) is 1. The zero-order chi connectivity index (χ0) is 16.3. The van der Waals surface area contributed by atoms with Crippen LogP contribution in [0.3, 0.4) is 0 Å². The third-order valence-electron chi connectivity index (χ3n) is 3.16. The average Bonchev–Trinajstić information content (AvgIpc) is 2.47. The van der Waals surface area contributed by atoms with Gasteiger partial charge < -0.3 is 9.64 Å². The number of hydrogen-bond acceptors (Lipinski definition) is 2. The fourth-order valence-corrected chi connectivity index (χ4v) is 2.29. The van der Waals surface area contributed by atoms with Gasteiger partial charge in [0.05, 0.1) is 17.7 Å². The van der Waals surface area contributed by atoms with Crippen LogP contribution >= 0.6 is 11.6 Å². The normalized spacial score (nSPS) is 10.4. The predicted octanol–water partition coefficient (Wildman–Crippen LogP) is 3.90. The summed E-state index contributed by atoms with van der Waals surface area (Å²) >= 11 is 5.87. The molecule has 6 heteroatoms. The molecule has 22 heavy (non-hydrogen) atoms. The maximum absolute atomic E-state index is 13.8. The molecule has 0 aliphatic heterocycles. The topological polar surface area (TPSA) is 29.5 Å². The van der Waals surface area contributed by atoms with Crippen molar-refractivity contribution in [2.75, 3.05) is 14.2 Å². The quantitative estimate of drug-likeness (QED) is 0.853. The zero-order valence-corrected chi connectivity index (χ0v) is 12.8. The molecule has 0 aromatic heterocycles. The summed E-state index contributed by atoms with van der Waals surface area (Å²) in [6, 6.07) is 8.41. The highest BCUT2D eigenvalue weighted by atomic mass is 35.5. The lowest BCUT2D eigenvalue weighted by atomic mass is 10.1. The second-order valence-electron chi connectivity index (χ2n) is 4.73. The molecule has 0 bridgehead atoms. The first-order valence-electron chi connectivity index (χ1n) is 6.46. The molecule has 0 fully saturated rings. The molecule has 0 spiro atoms. The minimum Gasteiger partial charge on any atom is -0.494 e. The molecule has 2 aromatic carbocycles. The molecule has 0 saturated carbocycles. The number of amides is 1. The predicted molar refractivity (Wildman–Crippen MR) is 80.2 cm³/mol. The van der Waals surface area contributed by atoms with E-state index in [1.54, 1.807) is 6.07 Å². The van der Waals surface area contributed by atoms with Gasteiger partial charge in [0.25, 0.3) is 5.91 Å². The Morgan fingerprint density at radius 1 is 1.23 bits per heavy atom. The summed E-state index contributed by atoms with van der Waals surface area (Å²) in [5, 5.41) is 0.0396. The number of carbonyl (C=O) groups excluding carboxylic acids is 1. The van der Waals surface area contributed by atoms with Crippen molar-refractivity contribution in [3.63, 3.8) is 0 Å². The van der Waals surface area contributed by atoms with Crippen LogP contribution in [0.2, 0.25) is 5.02 Å². The Labute approximate surface area is 132 Å². The third kappa shape index (κ3) is 3.36. The van der Waals surface area contributed by atoms with Gasteiger partial charge in [-0.2, -0.15) is 0 Å². The van der Waals surface area contributed by atoms with Gasteiger partial charge in [0.1, 0.15) is 5.82 Å². The van der Waals surface area contributed by atoms with Crippen LogP contribution in [0.25, 0.3) is 0 Å². The van der Waals surface area contributed by atoms with E-state index in [4.69, 9.17) is 16.3 Å². The summed E-state index contributed by atoms with van der Waals surface area (Å²) in [7, 11) is 2.86. The van der Waals surface area contributed by atoms with Crippen LogP contribution in [0, 0.1) is 11.6 Å². The van der Waals surface area contributed by atoms with Crippen LogP contribution in [-0.2, 0) is 6.54 Å². The fraction of sp³-hybridized carbons (Fsp3) is 0.188. The molecular formula is C16H14ClF2NO2. The second kappa shape index (κ2) is 6.75. The van der Waals surface area contributed by atoms with E-state index in [-0.39, 0.29) is 22.9 Å². The van der Waals surface area contributed by atoms with E-state index in [1.807, 2.05) is 0 Å². The number of halogens is 3. The summed E-state index contributed by atoms with van der Waals surface area (Å²) in [6.45, 7) is 0.115. The smallest absolute Gasteiger partial charge is 0.258 e.